The van der Waals surface area contributed by atoms with Crippen LogP contribution in [0.3, 0.4) is 0 Å². The summed E-state index contributed by atoms with van der Waals surface area (Å²) in [6, 6.07) is 0.331. The second kappa shape index (κ2) is 6.39. The first-order valence-corrected chi connectivity index (χ1v) is 7.54. The summed E-state index contributed by atoms with van der Waals surface area (Å²) in [5, 5.41) is 3.63. The maximum absolute atomic E-state index is 5.98. The zero-order valence-corrected chi connectivity index (χ0v) is 13.3. The first-order valence-electron chi connectivity index (χ1n) is 7.16. The second-order valence-electron chi connectivity index (χ2n) is 5.59. The van der Waals surface area contributed by atoms with Crippen LogP contribution in [0.1, 0.15) is 40.5 Å². The lowest BCUT2D eigenvalue weighted by molar-refractivity contribution is 0.522. The van der Waals surface area contributed by atoms with Crippen LogP contribution in [0.5, 0.6) is 0 Å². The molecule has 0 saturated heterocycles. The van der Waals surface area contributed by atoms with E-state index in [4.69, 9.17) is 11.6 Å². The summed E-state index contributed by atoms with van der Waals surface area (Å²) in [7, 11) is 0. The highest BCUT2D eigenvalue weighted by Gasteiger charge is 2.14. The highest BCUT2D eigenvalue weighted by molar-refractivity contribution is 6.28. The Morgan fingerprint density at radius 3 is 2.70 bits per heavy atom. The summed E-state index contributed by atoms with van der Waals surface area (Å²) in [5.74, 6) is 1.42. The van der Waals surface area contributed by atoms with E-state index < -0.39 is 0 Å². The highest BCUT2D eigenvalue weighted by Crippen LogP contribution is 2.23. The Kier molecular flexibility index (Phi) is 4.81. The quantitative estimate of drug-likeness (QED) is 0.825. The molecule has 1 atom stereocenters. The molecule has 20 heavy (non-hydrogen) atoms. The molecule has 0 radical (unpaired) electrons. The van der Waals surface area contributed by atoms with Gasteiger partial charge < -0.3 is 9.88 Å². The number of hydrogen-bond acceptors (Lipinski definition) is 4. The van der Waals surface area contributed by atoms with Gasteiger partial charge in [0.25, 0.3) is 0 Å². The third-order valence-corrected chi connectivity index (χ3v) is 3.56. The lowest BCUT2D eigenvalue weighted by Gasteiger charge is -2.14. The van der Waals surface area contributed by atoms with Gasteiger partial charge in [-0.1, -0.05) is 20.8 Å². The monoisotopic (exact) mass is 295 g/mol. The van der Waals surface area contributed by atoms with E-state index in [9.17, 15) is 0 Å². The number of nitrogens with zero attached hydrogens (tertiary/aromatic N) is 4. The number of fused-ring (bicyclic) bond motifs is 1. The highest BCUT2D eigenvalue weighted by atomic mass is 35.5. The fourth-order valence-corrected chi connectivity index (χ4v) is 2.12. The van der Waals surface area contributed by atoms with Crippen molar-refractivity contribution in [3.05, 3.63) is 11.6 Å². The molecule has 0 aliphatic heterocycles. The summed E-state index contributed by atoms with van der Waals surface area (Å²) in [6.07, 6.45) is 3.93. The van der Waals surface area contributed by atoms with E-state index >= 15 is 0 Å². The van der Waals surface area contributed by atoms with Crippen LogP contribution in [-0.4, -0.2) is 25.6 Å². The molecule has 0 aliphatic carbocycles. The molecule has 0 fully saturated rings. The van der Waals surface area contributed by atoms with Gasteiger partial charge in [-0.25, -0.2) is 4.98 Å². The molecule has 2 heterocycles. The second-order valence-corrected chi connectivity index (χ2v) is 5.93. The molecule has 0 spiro atoms. The molecule has 6 heteroatoms. The Labute approximate surface area is 124 Å². The summed E-state index contributed by atoms with van der Waals surface area (Å²) in [4.78, 5) is 12.9. The normalized spacial score (nSPS) is 13.1. The van der Waals surface area contributed by atoms with E-state index in [1.165, 1.54) is 0 Å². The number of halogens is 1. The molecular formula is C14H22ClN5. The van der Waals surface area contributed by atoms with Crippen LogP contribution in [0.2, 0.25) is 5.28 Å². The smallest absolute Gasteiger partial charge is 0.226 e. The lowest BCUT2D eigenvalue weighted by atomic mass is 10.1. The molecule has 2 aromatic heterocycles. The number of hydrogen-bond donors (Lipinski definition) is 1. The molecule has 5 nitrogen and oxygen atoms in total. The average molecular weight is 296 g/mol. The van der Waals surface area contributed by atoms with Crippen molar-refractivity contribution in [2.24, 2.45) is 5.92 Å². The zero-order chi connectivity index (χ0) is 14.7. The van der Waals surface area contributed by atoms with Crippen molar-refractivity contribution in [3.63, 3.8) is 0 Å². The van der Waals surface area contributed by atoms with Gasteiger partial charge in [0, 0.05) is 12.6 Å². The lowest BCUT2D eigenvalue weighted by Crippen LogP contribution is -2.16. The van der Waals surface area contributed by atoms with Crippen LogP contribution in [0, 0.1) is 5.92 Å². The van der Waals surface area contributed by atoms with Crippen molar-refractivity contribution in [3.8, 4) is 0 Å². The van der Waals surface area contributed by atoms with Crippen molar-refractivity contribution in [1.29, 1.82) is 0 Å². The number of anilines is 1. The number of imidazole rings is 1. The topological polar surface area (TPSA) is 55.6 Å². The largest absolute Gasteiger partial charge is 0.366 e. The van der Waals surface area contributed by atoms with E-state index in [-0.39, 0.29) is 5.28 Å². The molecule has 0 bridgehead atoms. The number of rotatable bonds is 6. The standard InChI is InChI=1S/C14H22ClN5/c1-5-10(4)17-13-11-12(18-14(15)19-13)16-8-20(11)7-6-9(2)3/h8-10H,5-7H2,1-4H3,(H,17,18,19). The van der Waals surface area contributed by atoms with E-state index in [0.29, 0.717) is 17.6 Å². The Balaban J connectivity index is 2.39. The van der Waals surface area contributed by atoms with Gasteiger partial charge in [-0.15, -0.1) is 0 Å². The van der Waals surface area contributed by atoms with Gasteiger partial charge in [0.2, 0.25) is 5.28 Å². The number of aromatic nitrogens is 4. The van der Waals surface area contributed by atoms with Crippen LogP contribution in [0.15, 0.2) is 6.33 Å². The Morgan fingerprint density at radius 1 is 1.30 bits per heavy atom. The van der Waals surface area contributed by atoms with Gasteiger partial charge in [-0.3, -0.25) is 0 Å². The molecule has 0 aliphatic rings. The third kappa shape index (κ3) is 3.39. The third-order valence-electron chi connectivity index (χ3n) is 3.39. The molecule has 1 unspecified atom stereocenters. The van der Waals surface area contributed by atoms with Gasteiger partial charge in [-0.2, -0.15) is 9.97 Å². The number of nitrogens with one attached hydrogen (secondary N) is 1. The van der Waals surface area contributed by atoms with Crippen LogP contribution in [-0.2, 0) is 6.54 Å². The van der Waals surface area contributed by atoms with Crippen LogP contribution in [0.4, 0.5) is 5.82 Å². The van der Waals surface area contributed by atoms with Gasteiger partial charge in [-0.05, 0) is 37.3 Å². The molecule has 0 aromatic carbocycles. The molecular weight excluding hydrogens is 274 g/mol. The van der Waals surface area contributed by atoms with Crippen LogP contribution >= 0.6 is 11.6 Å². The van der Waals surface area contributed by atoms with Crippen LogP contribution < -0.4 is 5.32 Å². The van der Waals surface area contributed by atoms with Crippen molar-refractivity contribution in [2.45, 2.75) is 53.1 Å². The van der Waals surface area contributed by atoms with Gasteiger partial charge in [0.05, 0.1) is 6.33 Å². The average Bonchev–Trinajstić information content (AvgIpc) is 2.79. The molecule has 110 valence electrons. The minimum atomic E-state index is 0.234. The Morgan fingerprint density at radius 2 is 2.05 bits per heavy atom. The molecule has 2 aromatic rings. The van der Waals surface area contributed by atoms with Crippen molar-refractivity contribution < 1.29 is 0 Å². The summed E-state index contributed by atoms with van der Waals surface area (Å²) < 4.78 is 2.11. The van der Waals surface area contributed by atoms with Crippen molar-refractivity contribution in [2.75, 3.05) is 5.32 Å². The van der Waals surface area contributed by atoms with Gasteiger partial charge >= 0.3 is 0 Å². The van der Waals surface area contributed by atoms with Gasteiger partial charge in [0.15, 0.2) is 11.5 Å². The van der Waals surface area contributed by atoms with E-state index in [1.54, 1.807) is 0 Å². The molecule has 0 saturated carbocycles. The van der Waals surface area contributed by atoms with E-state index in [2.05, 4.69) is 52.5 Å². The maximum atomic E-state index is 5.98. The maximum Gasteiger partial charge on any atom is 0.226 e. The Hall–Kier alpha value is -1.36. The minimum absolute atomic E-state index is 0.234. The molecule has 2 rings (SSSR count). The van der Waals surface area contributed by atoms with Crippen LogP contribution in [0.25, 0.3) is 11.2 Å². The summed E-state index contributed by atoms with van der Waals surface area (Å²) in [5.41, 5.74) is 1.59. The fourth-order valence-electron chi connectivity index (χ4n) is 1.96. The number of aryl methyl sites for hydroxylation is 1. The predicted molar refractivity (Wildman–Crippen MR) is 83.2 cm³/mol. The molecule has 1 N–H and O–H groups in total. The summed E-state index contributed by atoms with van der Waals surface area (Å²) >= 11 is 5.98. The van der Waals surface area contributed by atoms with E-state index in [0.717, 1.165) is 30.7 Å². The Bertz CT molecular complexity index is 578. The summed E-state index contributed by atoms with van der Waals surface area (Å²) in [6.45, 7) is 9.59. The van der Waals surface area contributed by atoms with Crippen molar-refractivity contribution in [1.82, 2.24) is 19.5 Å². The van der Waals surface area contributed by atoms with Gasteiger partial charge in [0.1, 0.15) is 5.52 Å². The minimum Gasteiger partial charge on any atom is -0.366 e. The zero-order valence-electron chi connectivity index (χ0n) is 12.5. The molecule has 0 amide bonds. The first-order chi connectivity index (χ1) is 9.51. The SMILES string of the molecule is CCC(C)Nc1nc(Cl)nc2ncn(CCC(C)C)c12. The predicted octanol–water partition coefficient (Wildman–Crippen LogP) is 3.74. The van der Waals surface area contributed by atoms with E-state index in [1.807, 2.05) is 6.33 Å². The first kappa shape index (κ1) is 15.0. The fraction of sp³-hybridized carbons (Fsp3) is 0.643. The van der Waals surface area contributed by atoms with Crippen molar-refractivity contribution >= 4 is 28.6 Å².